The Hall–Kier alpha value is -2.70. The van der Waals surface area contributed by atoms with Gasteiger partial charge >= 0.3 is 0 Å². The van der Waals surface area contributed by atoms with Crippen LogP contribution in [-0.4, -0.2) is 34.7 Å². The van der Waals surface area contributed by atoms with Gasteiger partial charge in [-0.3, -0.25) is 9.59 Å². The van der Waals surface area contributed by atoms with Gasteiger partial charge in [0, 0.05) is 19.0 Å². The van der Waals surface area contributed by atoms with Crippen LogP contribution in [0.15, 0.2) is 30.5 Å². The van der Waals surface area contributed by atoms with E-state index in [2.05, 4.69) is 15.7 Å². The molecule has 140 valence electrons. The predicted octanol–water partition coefficient (Wildman–Crippen LogP) is 2.64. The van der Waals surface area contributed by atoms with Crippen molar-refractivity contribution in [2.75, 3.05) is 13.1 Å². The van der Waals surface area contributed by atoms with Gasteiger partial charge in [0.25, 0.3) is 5.91 Å². The van der Waals surface area contributed by atoms with Crippen molar-refractivity contribution in [3.8, 4) is 5.69 Å². The summed E-state index contributed by atoms with van der Waals surface area (Å²) < 4.78 is 14.8. The Morgan fingerprint density at radius 3 is 2.27 bits per heavy atom. The average molecular weight is 360 g/mol. The van der Waals surface area contributed by atoms with Gasteiger partial charge in [0.15, 0.2) is 0 Å². The molecule has 2 rings (SSSR count). The lowest BCUT2D eigenvalue weighted by Crippen LogP contribution is -2.36. The van der Waals surface area contributed by atoms with Gasteiger partial charge in [-0.1, -0.05) is 27.7 Å². The monoisotopic (exact) mass is 360 g/mol. The standard InChI is InChI=1S/C19H25FN4O2/c1-12(2)17-16(19(26)22-10-9-21-18(25)13(3)4)11-23-24(17)15-7-5-14(20)6-8-15/h5-8,11-13H,9-10H2,1-4H3,(H,21,25)(H,22,26). The zero-order chi connectivity index (χ0) is 19.3. The van der Waals surface area contributed by atoms with Crippen LogP contribution in [0.2, 0.25) is 0 Å². The summed E-state index contributed by atoms with van der Waals surface area (Å²) in [5.74, 6) is -0.670. The van der Waals surface area contributed by atoms with Gasteiger partial charge in [-0.2, -0.15) is 5.10 Å². The molecule has 0 spiro atoms. The molecule has 0 fully saturated rings. The molecule has 2 N–H and O–H groups in total. The predicted molar refractivity (Wildman–Crippen MR) is 97.8 cm³/mol. The highest BCUT2D eigenvalue weighted by molar-refractivity contribution is 5.95. The molecule has 0 bridgehead atoms. The number of nitrogens with zero attached hydrogens (tertiary/aromatic N) is 2. The summed E-state index contributed by atoms with van der Waals surface area (Å²) in [4.78, 5) is 24.0. The molecule has 0 aliphatic heterocycles. The second-order valence-electron chi connectivity index (χ2n) is 6.69. The molecule has 0 aliphatic rings. The minimum absolute atomic E-state index is 0.0453. The van der Waals surface area contributed by atoms with Crippen molar-refractivity contribution >= 4 is 11.8 Å². The molecule has 0 aliphatic carbocycles. The van der Waals surface area contributed by atoms with Crippen LogP contribution in [0.4, 0.5) is 4.39 Å². The van der Waals surface area contributed by atoms with E-state index >= 15 is 0 Å². The van der Waals surface area contributed by atoms with Gasteiger partial charge in [-0.05, 0) is 30.2 Å². The van der Waals surface area contributed by atoms with Gasteiger partial charge in [0.1, 0.15) is 5.82 Å². The number of carbonyl (C=O) groups excluding carboxylic acids is 2. The van der Waals surface area contributed by atoms with Crippen molar-refractivity contribution in [1.82, 2.24) is 20.4 Å². The number of amides is 2. The minimum atomic E-state index is -0.326. The summed E-state index contributed by atoms with van der Waals surface area (Å²) in [6.45, 7) is 8.26. The van der Waals surface area contributed by atoms with E-state index in [1.165, 1.54) is 18.3 Å². The van der Waals surface area contributed by atoms with Crippen molar-refractivity contribution < 1.29 is 14.0 Å². The molecule has 0 saturated carbocycles. The Morgan fingerprint density at radius 2 is 1.69 bits per heavy atom. The molecule has 1 aromatic carbocycles. The first-order chi connectivity index (χ1) is 12.3. The average Bonchev–Trinajstić information content (AvgIpc) is 3.04. The summed E-state index contributed by atoms with van der Waals surface area (Å²) >= 11 is 0. The molecule has 7 heteroatoms. The van der Waals surface area contributed by atoms with Crippen LogP contribution in [-0.2, 0) is 4.79 Å². The Morgan fingerprint density at radius 1 is 1.08 bits per heavy atom. The van der Waals surface area contributed by atoms with Gasteiger partial charge < -0.3 is 10.6 Å². The van der Waals surface area contributed by atoms with Gasteiger partial charge in [0.05, 0.1) is 23.1 Å². The largest absolute Gasteiger partial charge is 0.354 e. The molecule has 0 saturated heterocycles. The number of benzene rings is 1. The van der Waals surface area contributed by atoms with Crippen molar-refractivity contribution in [2.45, 2.75) is 33.6 Å². The van der Waals surface area contributed by atoms with Crippen molar-refractivity contribution in [2.24, 2.45) is 5.92 Å². The lowest BCUT2D eigenvalue weighted by atomic mass is 10.1. The SMILES string of the molecule is CC(C)C(=O)NCCNC(=O)c1cnn(-c2ccc(F)cc2)c1C(C)C. The Kier molecular flexibility index (Phi) is 6.49. The van der Waals surface area contributed by atoms with E-state index in [-0.39, 0.29) is 29.5 Å². The van der Waals surface area contributed by atoms with Gasteiger partial charge in [-0.15, -0.1) is 0 Å². The topological polar surface area (TPSA) is 76.0 Å². The molecular formula is C19H25FN4O2. The van der Waals surface area contributed by atoms with Crippen molar-refractivity contribution in [3.05, 3.63) is 47.5 Å². The molecule has 1 heterocycles. The summed E-state index contributed by atoms with van der Waals surface area (Å²) in [7, 11) is 0. The van der Waals surface area contributed by atoms with Crippen molar-refractivity contribution in [1.29, 1.82) is 0 Å². The number of halogens is 1. The second-order valence-corrected chi connectivity index (χ2v) is 6.69. The third-order valence-corrected chi connectivity index (χ3v) is 3.90. The molecule has 0 radical (unpaired) electrons. The van der Waals surface area contributed by atoms with Crippen LogP contribution in [0.1, 0.15) is 49.7 Å². The molecule has 26 heavy (non-hydrogen) atoms. The van der Waals surface area contributed by atoms with E-state index in [0.717, 1.165) is 5.69 Å². The summed E-state index contributed by atoms with van der Waals surface area (Å²) in [5, 5.41) is 9.85. The van der Waals surface area contributed by atoms with E-state index in [0.29, 0.717) is 24.3 Å². The van der Waals surface area contributed by atoms with Crippen LogP contribution < -0.4 is 10.6 Å². The lowest BCUT2D eigenvalue weighted by molar-refractivity contribution is -0.123. The maximum atomic E-state index is 13.2. The number of carbonyl (C=O) groups is 2. The Balaban J connectivity index is 2.10. The van der Waals surface area contributed by atoms with E-state index < -0.39 is 0 Å². The number of rotatable bonds is 7. The summed E-state index contributed by atoms with van der Waals surface area (Å²) in [6, 6.07) is 5.96. The fraction of sp³-hybridized carbons (Fsp3) is 0.421. The molecule has 2 aromatic rings. The van der Waals surface area contributed by atoms with Gasteiger partial charge in [-0.25, -0.2) is 9.07 Å². The van der Waals surface area contributed by atoms with E-state index in [4.69, 9.17) is 0 Å². The Labute approximate surface area is 152 Å². The highest BCUT2D eigenvalue weighted by Gasteiger charge is 2.20. The van der Waals surface area contributed by atoms with Crippen LogP contribution in [0.25, 0.3) is 5.69 Å². The molecule has 0 unspecified atom stereocenters. The zero-order valence-electron chi connectivity index (χ0n) is 15.5. The Bertz CT molecular complexity index is 766. The fourth-order valence-corrected chi connectivity index (χ4v) is 2.54. The summed E-state index contributed by atoms with van der Waals surface area (Å²) in [5.41, 5.74) is 1.91. The molecule has 6 nitrogen and oxygen atoms in total. The first kappa shape index (κ1) is 19.6. The molecular weight excluding hydrogens is 335 g/mol. The zero-order valence-corrected chi connectivity index (χ0v) is 15.5. The van der Waals surface area contributed by atoms with Crippen LogP contribution in [0.3, 0.4) is 0 Å². The smallest absolute Gasteiger partial charge is 0.254 e. The third kappa shape index (κ3) is 4.68. The summed E-state index contributed by atoms with van der Waals surface area (Å²) in [6.07, 6.45) is 1.51. The molecule has 2 amide bonds. The quantitative estimate of drug-likeness (QED) is 0.745. The lowest BCUT2D eigenvalue weighted by Gasteiger charge is -2.13. The number of hydrogen-bond donors (Lipinski definition) is 2. The fourth-order valence-electron chi connectivity index (χ4n) is 2.54. The maximum absolute atomic E-state index is 13.2. The van der Waals surface area contributed by atoms with Crippen molar-refractivity contribution in [3.63, 3.8) is 0 Å². The van der Waals surface area contributed by atoms with E-state index in [1.807, 2.05) is 27.7 Å². The first-order valence-corrected chi connectivity index (χ1v) is 8.71. The number of aromatic nitrogens is 2. The van der Waals surface area contributed by atoms with Crippen LogP contribution >= 0.6 is 0 Å². The maximum Gasteiger partial charge on any atom is 0.254 e. The van der Waals surface area contributed by atoms with Crippen LogP contribution in [0, 0.1) is 11.7 Å². The first-order valence-electron chi connectivity index (χ1n) is 8.71. The second kappa shape index (κ2) is 8.60. The van der Waals surface area contributed by atoms with E-state index in [1.54, 1.807) is 16.8 Å². The van der Waals surface area contributed by atoms with E-state index in [9.17, 15) is 14.0 Å². The van der Waals surface area contributed by atoms with Gasteiger partial charge in [0.2, 0.25) is 5.91 Å². The number of nitrogens with one attached hydrogen (secondary N) is 2. The highest BCUT2D eigenvalue weighted by atomic mass is 19.1. The molecule has 0 atom stereocenters. The normalized spacial score (nSPS) is 11.0. The van der Waals surface area contributed by atoms with Crippen LogP contribution in [0.5, 0.6) is 0 Å². The number of hydrogen-bond acceptors (Lipinski definition) is 3. The third-order valence-electron chi connectivity index (χ3n) is 3.90. The highest BCUT2D eigenvalue weighted by Crippen LogP contribution is 2.23. The minimum Gasteiger partial charge on any atom is -0.354 e. The molecule has 1 aromatic heterocycles.